The number of halogens is 4. The van der Waals surface area contributed by atoms with E-state index in [2.05, 4.69) is 0 Å². The Morgan fingerprint density at radius 1 is 1.33 bits per heavy atom. The molecule has 1 aromatic rings. The second kappa shape index (κ2) is 4.66. The van der Waals surface area contributed by atoms with Gasteiger partial charge in [0.25, 0.3) is 11.7 Å². The first kappa shape index (κ1) is 13.0. The molecule has 2 rings (SSSR count). The Morgan fingerprint density at radius 2 is 2.00 bits per heavy atom. The lowest BCUT2D eigenvalue weighted by Gasteiger charge is -2.15. The van der Waals surface area contributed by atoms with E-state index < -0.39 is 28.9 Å². The Morgan fingerprint density at radius 3 is 2.61 bits per heavy atom. The Labute approximate surface area is 111 Å². The number of hydrogen-bond donors (Lipinski definition) is 0. The maximum Gasteiger partial charge on any atom is 0.299 e. The average molecular weight is 292 g/mol. The second-order valence-corrected chi connectivity index (χ2v) is 4.26. The molecule has 1 aliphatic rings. The summed E-state index contributed by atoms with van der Waals surface area (Å²) in [6, 6.07) is 1.45. The van der Waals surface area contributed by atoms with Gasteiger partial charge >= 0.3 is 0 Å². The van der Waals surface area contributed by atoms with E-state index in [4.69, 9.17) is 23.2 Å². The van der Waals surface area contributed by atoms with Crippen molar-refractivity contribution in [2.75, 3.05) is 11.4 Å². The van der Waals surface area contributed by atoms with Crippen molar-refractivity contribution in [3.63, 3.8) is 0 Å². The third-order valence-electron chi connectivity index (χ3n) is 2.42. The lowest BCUT2D eigenvalue weighted by Crippen LogP contribution is -2.30. The van der Waals surface area contributed by atoms with E-state index in [1.165, 1.54) is 0 Å². The molecule has 0 aliphatic carbocycles. The molecule has 7 heteroatoms. The van der Waals surface area contributed by atoms with Gasteiger partial charge in [-0.1, -0.05) is 23.2 Å². The van der Waals surface area contributed by atoms with Gasteiger partial charge in [-0.05, 0) is 6.07 Å². The zero-order valence-corrected chi connectivity index (χ0v) is 10.2. The van der Waals surface area contributed by atoms with Gasteiger partial charge in [0.1, 0.15) is 11.6 Å². The fourth-order valence-corrected chi connectivity index (χ4v) is 1.87. The van der Waals surface area contributed by atoms with Crippen LogP contribution in [0.3, 0.4) is 0 Å². The Hall–Kier alpha value is -1.46. The lowest BCUT2D eigenvalue weighted by molar-refractivity contribution is -0.114. The first-order valence-corrected chi connectivity index (χ1v) is 5.57. The summed E-state index contributed by atoms with van der Waals surface area (Å²) in [5, 5.41) is 0.0651. The van der Waals surface area contributed by atoms with Gasteiger partial charge in [-0.15, -0.1) is 0 Å². The van der Waals surface area contributed by atoms with Crippen molar-refractivity contribution in [1.29, 1.82) is 0 Å². The highest BCUT2D eigenvalue weighted by Crippen LogP contribution is 2.32. The second-order valence-electron chi connectivity index (χ2n) is 3.56. The highest BCUT2D eigenvalue weighted by molar-refractivity contribution is 6.52. The molecule has 0 spiro atoms. The maximum absolute atomic E-state index is 13.5. The topological polar surface area (TPSA) is 37.4 Å². The molecule has 0 saturated carbocycles. The molecule has 1 heterocycles. The van der Waals surface area contributed by atoms with Gasteiger partial charge in [0.15, 0.2) is 0 Å². The minimum Gasteiger partial charge on any atom is -0.299 e. The van der Waals surface area contributed by atoms with Crippen LogP contribution in [0.5, 0.6) is 0 Å². The molecular weight excluding hydrogens is 287 g/mol. The van der Waals surface area contributed by atoms with Crippen molar-refractivity contribution in [2.24, 2.45) is 0 Å². The van der Waals surface area contributed by atoms with E-state index in [1.54, 1.807) is 0 Å². The third kappa shape index (κ3) is 2.00. The minimum atomic E-state index is -1.07. The predicted molar refractivity (Wildman–Crippen MR) is 62.8 cm³/mol. The van der Waals surface area contributed by atoms with Crippen molar-refractivity contribution >= 4 is 40.6 Å². The van der Waals surface area contributed by atoms with Crippen molar-refractivity contribution in [3.05, 3.63) is 39.9 Å². The molecule has 1 amide bonds. The van der Waals surface area contributed by atoms with Gasteiger partial charge in [0.2, 0.25) is 0 Å². The number of anilines is 1. The molecule has 1 aromatic carbocycles. The molecule has 18 heavy (non-hydrogen) atoms. The summed E-state index contributed by atoms with van der Waals surface area (Å²) in [6.07, 6.45) is 0. The summed E-state index contributed by atoms with van der Waals surface area (Å²) in [5.74, 6) is -3.95. The monoisotopic (exact) mass is 291 g/mol. The SMILES string of the molecule is O=C1C(=O)N(CC(Cl)=CCl)c2cc(F)cc(F)c21. The number of rotatable bonds is 2. The van der Waals surface area contributed by atoms with E-state index in [1.807, 2.05) is 0 Å². The van der Waals surface area contributed by atoms with Crippen molar-refractivity contribution in [1.82, 2.24) is 0 Å². The summed E-state index contributed by atoms with van der Waals surface area (Å²) >= 11 is 11.0. The zero-order chi connectivity index (χ0) is 13.4. The summed E-state index contributed by atoms with van der Waals surface area (Å²) in [5.41, 5.74) is 0.423. The first-order valence-electron chi connectivity index (χ1n) is 4.75. The van der Waals surface area contributed by atoms with Crippen molar-refractivity contribution in [2.45, 2.75) is 0 Å². The molecule has 0 unspecified atom stereocenters. The van der Waals surface area contributed by atoms with Gasteiger partial charge in [0.05, 0.1) is 17.8 Å². The maximum atomic E-state index is 13.5. The van der Waals surface area contributed by atoms with Crippen LogP contribution >= 0.6 is 23.2 Å². The number of benzene rings is 1. The fraction of sp³-hybridized carbons (Fsp3) is 0.0909. The van der Waals surface area contributed by atoms with Crippen molar-refractivity contribution < 1.29 is 18.4 Å². The Kier molecular flexibility index (Phi) is 3.36. The Balaban J connectivity index is 2.55. The van der Waals surface area contributed by atoms with Crippen LogP contribution in [0.2, 0.25) is 0 Å². The summed E-state index contributed by atoms with van der Waals surface area (Å²) in [6.45, 7) is -0.217. The zero-order valence-electron chi connectivity index (χ0n) is 8.71. The number of nitrogens with zero attached hydrogens (tertiary/aromatic N) is 1. The molecule has 1 aliphatic heterocycles. The molecule has 0 aromatic heterocycles. The largest absolute Gasteiger partial charge is 0.299 e. The molecule has 0 N–H and O–H groups in total. The van der Waals surface area contributed by atoms with Crippen LogP contribution in [-0.2, 0) is 4.79 Å². The number of carbonyl (C=O) groups excluding carboxylic acids is 2. The molecule has 3 nitrogen and oxygen atoms in total. The van der Waals surface area contributed by atoms with Crippen LogP contribution in [0.4, 0.5) is 14.5 Å². The minimum absolute atomic E-state index is 0.0651. The van der Waals surface area contributed by atoms with Gasteiger partial charge in [-0.25, -0.2) is 8.78 Å². The molecule has 0 bridgehead atoms. The number of ketones is 1. The first-order chi connectivity index (χ1) is 8.45. The number of fused-ring (bicyclic) bond motifs is 1. The normalized spacial score (nSPS) is 15.3. The van der Waals surface area contributed by atoms with Crippen LogP contribution in [0, 0.1) is 11.6 Å². The Bertz CT molecular complexity index is 587. The lowest BCUT2D eigenvalue weighted by atomic mass is 10.1. The number of amides is 1. The molecular formula is C11H5Cl2F2NO2. The van der Waals surface area contributed by atoms with Gasteiger partial charge in [-0.2, -0.15) is 0 Å². The number of Topliss-reactive ketones (excluding diaryl/α,β-unsaturated/α-hetero) is 1. The van der Waals surface area contributed by atoms with Crippen LogP contribution in [0.25, 0.3) is 0 Å². The molecule has 0 saturated heterocycles. The van der Waals surface area contributed by atoms with Crippen LogP contribution < -0.4 is 4.90 Å². The van der Waals surface area contributed by atoms with Crippen LogP contribution in [0.1, 0.15) is 10.4 Å². The smallest absolute Gasteiger partial charge is 0.299 e. The summed E-state index contributed by atoms with van der Waals surface area (Å²) < 4.78 is 26.6. The standard InChI is InChI=1S/C11H5Cl2F2NO2/c12-3-5(13)4-16-8-2-6(14)1-7(15)9(8)10(17)11(16)18/h1-3H,4H2. The van der Waals surface area contributed by atoms with Crippen molar-refractivity contribution in [3.8, 4) is 0 Å². The van der Waals surface area contributed by atoms with Gasteiger partial charge < -0.3 is 0 Å². The summed E-state index contributed by atoms with van der Waals surface area (Å²) in [7, 11) is 0. The van der Waals surface area contributed by atoms with Crippen LogP contribution in [0.15, 0.2) is 22.7 Å². The molecule has 94 valence electrons. The molecule has 0 fully saturated rings. The number of carbonyl (C=O) groups is 2. The van der Waals surface area contributed by atoms with Crippen LogP contribution in [-0.4, -0.2) is 18.2 Å². The molecule has 0 radical (unpaired) electrons. The van der Waals surface area contributed by atoms with E-state index in [-0.39, 0.29) is 17.3 Å². The highest BCUT2D eigenvalue weighted by atomic mass is 35.5. The summed E-state index contributed by atoms with van der Waals surface area (Å²) in [4.78, 5) is 24.1. The quantitative estimate of drug-likeness (QED) is 0.786. The number of hydrogen-bond acceptors (Lipinski definition) is 2. The third-order valence-corrected chi connectivity index (χ3v) is 3.02. The van der Waals surface area contributed by atoms with E-state index in [0.29, 0.717) is 6.07 Å². The van der Waals surface area contributed by atoms with E-state index in [0.717, 1.165) is 16.5 Å². The van der Waals surface area contributed by atoms with E-state index >= 15 is 0 Å². The highest BCUT2D eigenvalue weighted by Gasteiger charge is 2.38. The van der Waals surface area contributed by atoms with E-state index in [9.17, 15) is 18.4 Å². The fourth-order valence-electron chi connectivity index (χ4n) is 1.68. The van der Waals surface area contributed by atoms with Gasteiger partial charge in [-0.3, -0.25) is 14.5 Å². The predicted octanol–water partition coefficient (Wildman–Crippen LogP) is 2.81. The average Bonchev–Trinajstić information content (AvgIpc) is 2.54. The van der Waals surface area contributed by atoms with Gasteiger partial charge in [0, 0.05) is 16.6 Å². The molecule has 0 atom stereocenters.